The Labute approximate surface area is 72.7 Å². The van der Waals surface area contributed by atoms with Gasteiger partial charge in [0.15, 0.2) is 6.19 Å². The number of carbonyl (C=O) groups is 2. The van der Waals surface area contributed by atoms with Crippen molar-refractivity contribution in [2.24, 2.45) is 5.73 Å². The molecular formula is C5H8BrN3O2. The van der Waals surface area contributed by atoms with Crippen molar-refractivity contribution in [2.75, 3.05) is 5.33 Å². The van der Waals surface area contributed by atoms with Crippen molar-refractivity contribution in [3.63, 3.8) is 0 Å². The molecule has 0 heterocycles. The number of hydrogen-bond acceptors (Lipinski definition) is 3. The zero-order valence-corrected chi connectivity index (χ0v) is 7.51. The van der Waals surface area contributed by atoms with Gasteiger partial charge in [0.25, 0.3) is 0 Å². The summed E-state index contributed by atoms with van der Waals surface area (Å²) in [5.74, 6) is -0.650. The van der Waals surface area contributed by atoms with Crippen molar-refractivity contribution in [1.82, 2.24) is 5.32 Å². The molecule has 0 fully saturated rings. The lowest BCUT2D eigenvalue weighted by Gasteiger charge is -1.76. The molecule has 2 amide bonds. The number of alkyl halides is 1. The Morgan fingerprint density at radius 2 is 2.09 bits per heavy atom. The van der Waals surface area contributed by atoms with E-state index in [0.717, 1.165) is 0 Å². The topological polar surface area (TPSA) is 96.0 Å². The van der Waals surface area contributed by atoms with Gasteiger partial charge in [0, 0.05) is 6.92 Å². The molecule has 5 nitrogen and oxygen atoms in total. The Bertz CT molecular complexity index is 175. The first-order chi connectivity index (χ1) is 5.04. The van der Waals surface area contributed by atoms with Crippen LogP contribution in [0.1, 0.15) is 6.92 Å². The second kappa shape index (κ2) is 8.91. The van der Waals surface area contributed by atoms with Crippen LogP contribution in [0.3, 0.4) is 0 Å². The smallest absolute Gasteiger partial charge is 0.229 e. The van der Waals surface area contributed by atoms with Gasteiger partial charge in [-0.2, -0.15) is 5.26 Å². The number of halogens is 1. The van der Waals surface area contributed by atoms with Gasteiger partial charge < -0.3 is 5.73 Å². The molecule has 0 aromatic carbocycles. The molecule has 62 valence electrons. The van der Waals surface area contributed by atoms with Crippen LogP contribution in [0.15, 0.2) is 0 Å². The zero-order valence-electron chi connectivity index (χ0n) is 5.93. The zero-order chi connectivity index (χ0) is 9.28. The van der Waals surface area contributed by atoms with Crippen LogP contribution in [0, 0.1) is 11.5 Å². The van der Waals surface area contributed by atoms with Gasteiger partial charge in [0.05, 0.1) is 5.33 Å². The summed E-state index contributed by atoms with van der Waals surface area (Å²) in [6.07, 6.45) is 1.47. The molecule has 6 heteroatoms. The van der Waals surface area contributed by atoms with Gasteiger partial charge in [0.1, 0.15) is 0 Å². The van der Waals surface area contributed by atoms with E-state index in [1.165, 1.54) is 13.1 Å². The lowest BCUT2D eigenvalue weighted by molar-refractivity contribution is -0.118. The molecule has 0 radical (unpaired) electrons. The summed E-state index contributed by atoms with van der Waals surface area (Å²) < 4.78 is 0. The standard InChI is InChI=1S/C3H4N2O.C2H4BrNO/c1-3(6)5-2-4;3-1-2(4)5/h1H3,(H,5,6);1H2,(H2,4,5). The minimum Gasteiger partial charge on any atom is -0.369 e. The molecule has 11 heavy (non-hydrogen) atoms. The predicted octanol–water partition coefficient (Wildman–Crippen LogP) is -0.530. The van der Waals surface area contributed by atoms with Crippen molar-refractivity contribution in [3.05, 3.63) is 0 Å². The van der Waals surface area contributed by atoms with Crippen LogP contribution in [0.4, 0.5) is 0 Å². The van der Waals surface area contributed by atoms with Gasteiger partial charge in [-0.25, -0.2) is 0 Å². The first-order valence-corrected chi connectivity index (χ1v) is 3.66. The molecule has 0 spiro atoms. The molecule has 3 N–H and O–H groups in total. The quantitative estimate of drug-likeness (QED) is 0.354. The average molecular weight is 222 g/mol. The van der Waals surface area contributed by atoms with E-state index in [9.17, 15) is 9.59 Å². The monoisotopic (exact) mass is 221 g/mol. The van der Waals surface area contributed by atoms with Crippen LogP contribution < -0.4 is 11.1 Å². The van der Waals surface area contributed by atoms with Crippen molar-refractivity contribution >= 4 is 27.7 Å². The third kappa shape index (κ3) is 27.8. The number of nitrogens with two attached hydrogens (primary N) is 1. The molecule has 0 aromatic heterocycles. The molecule has 0 aliphatic heterocycles. The summed E-state index contributed by atoms with van der Waals surface area (Å²) in [7, 11) is 0. The maximum atomic E-state index is 9.71. The van der Waals surface area contributed by atoms with Crippen LogP contribution >= 0.6 is 15.9 Å². The molecule has 0 saturated carbocycles. The third-order valence-electron chi connectivity index (χ3n) is 0.364. The molecule has 0 aliphatic rings. The Morgan fingerprint density at radius 3 is 2.09 bits per heavy atom. The van der Waals surface area contributed by atoms with E-state index in [-0.39, 0.29) is 17.1 Å². The van der Waals surface area contributed by atoms with E-state index in [4.69, 9.17) is 5.26 Å². The van der Waals surface area contributed by atoms with Crippen LogP contribution in [0.2, 0.25) is 0 Å². The summed E-state index contributed by atoms with van der Waals surface area (Å²) in [5.41, 5.74) is 4.61. The highest BCUT2D eigenvalue weighted by atomic mass is 79.9. The van der Waals surface area contributed by atoms with Gasteiger partial charge in [0.2, 0.25) is 11.8 Å². The molecule has 0 bridgehead atoms. The second-order valence-corrected chi connectivity index (χ2v) is 1.95. The van der Waals surface area contributed by atoms with Crippen LogP contribution in [0.25, 0.3) is 0 Å². The summed E-state index contributed by atoms with van der Waals surface area (Å²) in [4.78, 5) is 19.3. The number of nitrogens with one attached hydrogen (secondary N) is 1. The van der Waals surface area contributed by atoms with Crippen LogP contribution in [0.5, 0.6) is 0 Å². The van der Waals surface area contributed by atoms with Gasteiger partial charge in [-0.1, -0.05) is 15.9 Å². The van der Waals surface area contributed by atoms with E-state index in [1.807, 2.05) is 5.32 Å². The Hall–Kier alpha value is -1.09. The summed E-state index contributed by atoms with van der Waals surface area (Å²) in [5, 5.41) is 9.79. The van der Waals surface area contributed by atoms with Gasteiger partial charge >= 0.3 is 0 Å². The highest BCUT2D eigenvalue weighted by Crippen LogP contribution is 1.71. The molecule has 0 saturated heterocycles. The largest absolute Gasteiger partial charge is 0.369 e. The number of rotatable bonds is 1. The lowest BCUT2D eigenvalue weighted by atomic mass is 10.7. The van der Waals surface area contributed by atoms with Gasteiger partial charge in [-0.15, -0.1) is 0 Å². The average Bonchev–Trinajstić information content (AvgIpc) is 1.89. The van der Waals surface area contributed by atoms with Crippen molar-refractivity contribution in [2.45, 2.75) is 6.92 Å². The first-order valence-electron chi connectivity index (χ1n) is 2.54. The number of primary amides is 1. The Morgan fingerprint density at radius 1 is 1.73 bits per heavy atom. The van der Waals surface area contributed by atoms with E-state index >= 15 is 0 Å². The first kappa shape index (κ1) is 12.6. The van der Waals surface area contributed by atoms with E-state index < -0.39 is 0 Å². The van der Waals surface area contributed by atoms with Crippen LogP contribution in [-0.2, 0) is 9.59 Å². The normalized spacial score (nSPS) is 6.64. The van der Waals surface area contributed by atoms with E-state index in [0.29, 0.717) is 0 Å². The molecule has 0 aliphatic carbocycles. The number of nitrogens with zero attached hydrogens (tertiary/aromatic N) is 1. The molecule has 0 rings (SSSR count). The van der Waals surface area contributed by atoms with E-state index in [2.05, 4.69) is 21.7 Å². The fourth-order valence-electron chi connectivity index (χ4n) is 0.0787. The van der Waals surface area contributed by atoms with Crippen molar-refractivity contribution < 1.29 is 9.59 Å². The SMILES string of the molecule is CC(=O)NC#N.NC(=O)CBr. The number of hydrogen-bond donors (Lipinski definition) is 2. The Kier molecular flexibility index (Phi) is 10.2. The Balaban J connectivity index is 0. The molecule has 0 unspecified atom stereocenters. The highest BCUT2D eigenvalue weighted by Gasteiger charge is 1.79. The lowest BCUT2D eigenvalue weighted by Crippen LogP contribution is -2.11. The fraction of sp³-hybridized carbons (Fsp3) is 0.400. The van der Waals surface area contributed by atoms with Crippen molar-refractivity contribution in [1.29, 1.82) is 5.26 Å². The van der Waals surface area contributed by atoms with Gasteiger partial charge in [-0.3, -0.25) is 14.9 Å². The minimum atomic E-state index is -0.329. The van der Waals surface area contributed by atoms with Crippen molar-refractivity contribution in [3.8, 4) is 6.19 Å². The molecule has 0 aromatic rings. The number of nitriles is 1. The van der Waals surface area contributed by atoms with E-state index in [1.54, 1.807) is 0 Å². The summed E-state index contributed by atoms with van der Waals surface area (Å²) in [6, 6.07) is 0. The van der Waals surface area contributed by atoms with Crippen LogP contribution in [-0.4, -0.2) is 17.1 Å². The maximum absolute atomic E-state index is 9.71. The maximum Gasteiger partial charge on any atom is 0.229 e. The molecular weight excluding hydrogens is 214 g/mol. The second-order valence-electron chi connectivity index (χ2n) is 1.39. The number of carbonyl (C=O) groups excluding carboxylic acids is 2. The highest BCUT2D eigenvalue weighted by molar-refractivity contribution is 9.09. The minimum absolute atomic E-state index is 0.257. The third-order valence-corrected chi connectivity index (χ3v) is 0.916. The summed E-state index contributed by atoms with van der Waals surface area (Å²) in [6.45, 7) is 1.28. The number of amides is 2. The summed E-state index contributed by atoms with van der Waals surface area (Å²) >= 11 is 2.84. The van der Waals surface area contributed by atoms with Gasteiger partial charge in [-0.05, 0) is 0 Å². The predicted molar refractivity (Wildman–Crippen MR) is 42.4 cm³/mol. The molecule has 0 atom stereocenters. The fourth-order valence-corrected chi connectivity index (χ4v) is 0.0787.